The first kappa shape index (κ1) is 22.5. The number of carbonyl (C=O) groups is 1. The lowest BCUT2D eigenvalue weighted by Crippen LogP contribution is -2.16. The van der Waals surface area contributed by atoms with Crippen LogP contribution in [0.25, 0.3) is 22.0 Å². The summed E-state index contributed by atoms with van der Waals surface area (Å²) in [5.74, 6) is -0.138. The van der Waals surface area contributed by atoms with Crippen molar-refractivity contribution in [3.05, 3.63) is 82.5 Å². The van der Waals surface area contributed by atoms with Gasteiger partial charge in [-0.1, -0.05) is 23.7 Å². The van der Waals surface area contributed by atoms with Gasteiger partial charge in [-0.15, -0.1) is 0 Å². The number of nitrogens with one attached hydrogen (secondary N) is 2. The summed E-state index contributed by atoms with van der Waals surface area (Å²) in [4.78, 5) is 21.3. The van der Waals surface area contributed by atoms with Crippen molar-refractivity contribution in [1.82, 2.24) is 9.97 Å². The third-order valence-corrected chi connectivity index (χ3v) is 5.55. The van der Waals surface area contributed by atoms with E-state index in [-0.39, 0.29) is 11.1 Å². The summed E-state index contributed by atoms with van der Waals surface area (Å²) in [6, 6.07) is 14.0. The minimum atomic E-state index is -4.54. The summed E-state index contributed by atoms with van der Waals surface area (Å²) in [5.41, 5.74) is 1.55. The second kappa shape index (κ2) is 8.71. The highest BCUT2D eigenvalue weighted by Gasteiger charge is 2.33. The quantitative estimate of drug-likeness (QED) is 0.354. The lowest BCUT2D eigenvalue weighted by Gasteiger charge is -2.14. The average Bonchev–Trinajstić information content (AvgIpc) is 2.79. The zero-order chi connectivity index (χ0) is 23.8. The van der Waals surface area contributed by atoms with Gasteiger partial charge in [0.2, 0.25) is 5.95 Å². The lowest BCUT2D eigenvalue weighted by atomic mass is 10.0. The van der Waals surface area contributed by atoms with E-state index in [4.69, 9.17) is 11.6 Å². The van der Waals surface area contributed by atoms with E-state index in [9.17, 15) is 18.0 Å². The van der Waals surface area contributed by atoms with Gasteiger partial charge in [0.15, 0.2) is 0 Å². The number of hydrogen-bond donors (Lipinski definition) is 2. The zero-order valence-corrected chi connectivity index (χ0v) is 18.3. The van der Waals surface area contributed by atoms with E-state index in [0.29, 0.717) is 22.2 Å². The molecule has 3 aromatic carbocycles. The Kier molecular flexibility index (Phi) is 5.95. The van der Waals surface area contributed by atoms with Crippen molar-refractivity contribution in [2.24, 2.45) is 0 Å². The van der Waals surface area contributed by atoms with Gasteiger partial charge in [0.05, 0.1) is 11.1 Å². The molecule has 1 amide bonds. The van der Waals surface area contributed by atoms with Gasteiger partial charge >= 0.3 is 6.18 Å². The molecule has 0 spiro atoms. The number of aromatic nitrogens is 2. The van der Waals surface area contributed by atoms with E-state index < -0.39 is 17.6 Å². The van der Waals surface area contributed by atoms with Crippen LogP contribution in [0.2, 0.25) is 5.02 Å². The fourth-order valence-electron chi connectivity index (χ4n) is 3.53. The van der Waals surface area contributed by atoms with Crippen LogP contribution >= 0.6 is 11.6 Å². The maximum Gasteiger partial charge on any atom is 0.416 e. The van der Waals surface area contributed by atoms with Gasteiger partial charge in [0.1, 0.15) is 0 Å². The number of rotatable bonds is 4. The molecule has 2 N–H and O–H groups in total. The summed E-state index contributed by atoms with van der Waals surface area (Å²) < 4.78 is 39.6. The van der Waals surface area contributed by atoms with Crippen LogP contribution in [-0.2, 0) is 6.18 Å². The molecule has 0 radical (unpaired) electrons. The van der Waals surface area contributed by atoms with Gasteiger partial charge in [0, 0.05) is 40.5 Å². The molecule has 0 atom stereocenters. The van der Waals surface area contributed by atoms with Crippen molar-refractivity contribution in [2.45, 2.75) is 13.1 Å². The monoisotopic (exact) mass is 470 g/mol. The third kappa shape index (κ3) is 4.61. The molecule has 0 saturated carbocycles. The molecule has 0 saturated heterocycles. The number of carbonyl (C=O) groups excluding carboxylic acids is 1. The normalized spacial score (nSPS) is 11.5. The first-order valence-electron chi connectivity index (χ1n) is 9.90. The van der Waals surface area contributed by atoms with Crippen LogP contribution in [0.1, 0.15) is 21.5 Å². The van der Waals surface area contributed by atoms with Crippen molar-refractivity contribution >= 4 is 40.0 Å². The highest BCUT2D eigenvalue weighted by atomic mass is 35.5. The summed E-state index contributed by atoms with van der Waals surface area (Å²) in [5, 5.41) is 6.81. The predicted molar refractivity (Wildman–Crippen MR) is 124 cm³/mol. The maximum atomic E-state index is 13.2. The van der Waals surface area contributed by atoms with Crippen molar-refractivity contribution in [1.29, 1.82) is 0 Å². The molecular formula is C24H18ClF3N4O. The van der Waals surface area contributed by atoms with Crippen molar-refractivity contribution in [2.75, 3.05) is 17.7 Å². The van der Waals surface area contributed by atoms with E-state index in [1.54, 1.807) is 31.4 Å². The number of alkyl halides is 3. The topological polar surface area (TPSA) is 66.9 Å². The van der Waals surface area contributed by atoms with Crippen molar-refractivity contribution in [3.8, 4) is 11.1 Å². The average molecular weight is 471 g/mol. The minimum absolute atomic E-state index is 0.0514. The number of anilines is 2. The van der Waals surface area contributed by atoms with E-state index >= 15 is 0 Å². The van der Waals surface area contributed by atoms with Crippen LogP contribution in [0.5, 0.6) is 0 Å². The SMILES string of the molecule is CNc1ncc2cc(-c3cc(NC(=O)c4cccc(C(F)(F)F)c4C)ccc3Cl)ccc2n1. The van der Waals surface area contributed by atoms with Crippen LogP contribution in [0, 0.1) is 6.92 Å². The van der Waals surface area contributed by atoms with Crippen LogP contribution < -0.4 is 10.6 Å². The Morgan fingerprint density at radius 3 is 2.58 bits per heavy atom. The molecule has 5 nitrogen and oxygen atoms in total. The molecule has 33 heavy (non-hydrogen) atoms. The van der Waals surface area contributed by atoms with Gasteiger partial charge in [-0.2, -0.15) is 13.2 Å². The summed E-state index contributed by atoms with van der Waals surface area (Å²) >= 11 is 6.40. The molecule has 4 rings (SSSR count). The second-order valence-electron chi connectivity index (χ2n) is 7.34. The first-order chi connectivity index (χ1) is 15.7. The number of benzene rings is 3. The summed E-state index contributed by atoms with van der Waals surface area (Å²) in [7, 11) is 1.73. The molecule has 0 aliphatic rings. The van der Waals surface area contributed by atoms with Gasteiger partial charge in [0.25, 0.3) is 5.91 Å². The molecule has 0 fully saturated rings. The fraction of sp³-hybridized carbons (Fsp3) is 0.125. The molecule has 168 valence electrons. The molecule has 4 aromatic rings. The van der Waals surface area contributed by atoms with Gasteiger partial charge in [-0.25, -0.2) is 9.97 Å². The first-order valence-corrected chi connectivity index (χ1v) is 10.3. The smallest absolute Gasteiger partial charge is 0.357 e. The van der Waals surface area contributed by atoms with Crippen LogP contribution in [-0.4, -0.2) is 22.9 Å². The molecule has 1 heterocycles. The molecule has 0 bridgehead atoms. The Morgan fingerprint density at radius 1 is 1.06 bits per heavy atom. The second-order valence-corrected chi connectivity index (χ2v) is 7.75. The zero-order valence-electron chi connectivity index (χ0n) is 17.6. The van der Waals surface area contributed by atoms with Crippen LogP contribution in [0.3, 0.4) is 0 Å². The van der Waals surface area contributed by atoms with Crippen LogP contribution in [0.4, 0.5) is 24.8 Å². The Balaban J connectivity index is 1.66. The number of halogens is 4. The Morgan fingerprint density at radius 2 is 1.85 bits per heavy atom. The number of nitrogens with zero attached hydrogens (tertiary/aromatic N) is 2. The molecule has 0 aliphatic carbocycles. The lowest BCUT2D eigenvalue weighted by molar-refractivity contribution is -0.138. The third-order valence-electron chi connectivity index (χ3n) is 5.22. The summed E-state index contributed by atoms with van der Waals surface area (Å²) in [6.45, 7) is 1.28. The Hall–Kier alpha value is -3.65. The van der Waals surface area contributed by atoms with E-state index in [1.807, 2.05) is 18.2 Å². The van der Waals surface area contributed by atoms with E-state index in [1.165, 1.54) is 19.1 Å². The Labute approximate surface area is 192 Å². The predicted octanol–water partition coefficient (Wildman–Crippen LogP) is 6.57. The van der Waals surface area contributed by atoms with Crippen LogP contribution in [0.15, 0.2) is 60.8 Å². The highest BCUT2D eigenvalue weighted by molar-refractivity contribution is 6.33. The van der Waals surface area contributed by atoms with Gasteiger partial charge in [-0.05, 0) is 60.5 Å². The summed E-state index contributed by atoms with van der Waals surface area (Å²) in [6.07, 6.45) is -2.85. The standard InChI is InChI=1S/C24H18ClF3N4O/c1-13-17(4-3-5-19(13)24(26,27)28)22(33)31-16-7-8-20(25)18(11-16)14-6-9-21-15(10-14)12-30-23(29-2)32-21/h3-12H,1-2H3,(H,31,33)(H,29,30,32). The molecule has 1 aromatic heterocycles. The minimum Gasteiger partial charge on any atom is -0.357 e. The van der Waals surface area contributed by atoms with E-state index in [2.05, 4.69) is 20.6 Å². The largest absolute Gasteiger partial charge is 0.416 e. The van der Waals surface area contributed by atoms with Crippen molar-refractivity contribution in [3.63, 3.8) is 0 Å². The van der Waals surface area contributed by atoms with Gasteiger partial charge in [-0.3, -0.25) is 4.79 Å². The molecule has 0 aliphatic heterocycles. The van der Waals surface area contributed by atoms with Gasteiger partial charge < -0.3 is 10.6 Å². The van der Waals surface area contributed by atoms with E-state index in [0.717, 1.165) is 22.5 Å². The number of amides is 1. The Bertz CT molecular complexity index is 1370. The highest BCUT2D eigenvalue weighted by Crippen LogP contribution is 2.34. The molecular weight excluding hydrogens is 453 g/mol. The number of hydrogen-bond acceptors (Lipinski definition) is 4. The molecule has 0 unspecified atom stereocenters. The number of fused-ring (bicyclic) bond motifs is 1. The van der Waals surface area contributed by atoms with Crippen molar-refractivity contribution < 1.29 is 18.0 Å². The molecule has 9 heteroatoms. The maximum absolute atomic E-state index is 13.2. The fourth-order valence-corrected chi connectivity index (χ4v) is 3.76.